The molecule has 0 bridgehead atoms. The summed E-state index contributed by atoms with van der Waals surface area (Å²) in [5, 5.41) is 0. The molecule has 0 rings (SSSR count). The molecule has 0 heterocycles. The molecule has 0 aromatic carbocycles. The smallest absolute Gasteiger partial charge is 0.0493 e. The van der Waals surface area contributed by atoms with Crippen LogP contribution >= 0.6 is 0 Å². The van der Waals surface area contributed by atoms with Gasteiger partial charge in [0.25, 0.3) is 0 Å². The van der Waals surface area contributed by atoms with Crippen LogP contribution in [0.25, 0.3) is 0 Å². The van der Waals surface area contributed by atoms with Crippen molar-refractivity contribution >= 4 is 5.71 Å². The van der Waals surface area contributed by atoms with Gasteiger partial charge in [0, 0.05) is 11.8 Å². The molecule has 0 spiro atoms. The van der Waals surface area contributed by atoms with Gasteiger partial charge in [-0.25, -0.2) is 0 Å². The summed E-state index contributed by atoms with van der Waals surface area (Å²) in [4.78, 5) is 4.55. The molecular formula is C9H19N. The maximum absolute atomic E-state index is 4.55. The molecule has 0 radical (unpaired) electrons. The Kier molecular flexibility index (Phi) is 5.27. The Hall–Kier alpha value is -0.330. The summed E-state index contributed by atoms with van der Waals surface area (Å²) >= 11 is 0. The number of aliphatic imine (C=N–C) groups is 1. The molecule has 0 unspecified atom stereocenters. The lowest BCUT2D eigenvalue weighted by Gasteiger charge is -2.06. The predicted molar refractivity (Wildman–Crippen MR) is 47.8 cm³/mol. The third-order valence-electron chi connectivity index (χ3n) is 1.86. The molecule has 0 fully saturated rings. The fourth-order valence-electron chi connectivity index (χ4n) is 0.874. The van der Waals surface area contributed by atoms with Crippen LogP contribution < -0.4 is 0 Å². The van der Waals surface area contributed by atoms with E-state index in [9.17, 15) is 0 Å². The standard InChI is InChI=1S/C9H19N/c1-5-8(4)10-9(6-2)7-3/h9H,5-7H2,1-4H3. The van der Waals surface area contributed by atoms with Crippen LogP contribution in [0, 0.1) is 0 Å². The molecule has 0 N–H and O–H groups in total. The maximum Gasteiger partial charge on any atom is 0.0493 e. The second-order valence-electron chi connectivity index (χ2n) is 2.69. The third-order valence-corrected chi connectivity index (χ3v) is 1.86. The van der Waals surface area contributed by atoms with E-state index in [4.69, 9.17) is 0 Å². The number of nitrogens with zero attached hydrogens (tertiary/aromatic N) is 1. The highest BCUT2D eigenvalue weighted by Gasteiger charge is 1.98. The number of hydrogen-bond donors (Lipinski definition) is 0. The van der Waals surface area contributed by atoms with Crippen LogP contribution in [0.3, 0.4) is 0 Å². The summed E-state index contributed by atoms with van der Waals surface area (Å²) in [7, 11) is 0. The van der Waals surface area contributed by atoms with Crippen LogP contribution in [-0.2, 0) is 0 Å². The van der Waals surface area contributed by atoms with Gasteiger partial charge in [0.15, 0.2) is 0 Å². The fourth-order valence-corrected chi connectivity index (χ4v) is 0.874. The summed E-state index contributed by atoms with van der Waals surface area (Å²) in [6, 6.07) is 0.569. The van der Waals surface area contributed by atoms with Crippen molar-refractivity contribution in [3.8, 4) is 0 Å². The first-order chi connectivity index (χ1) is 4.74. The van der Waals surface area contributed by atoms with Crippen molar-refractivity contribution in [1.29, 1.82) is 0 Å². The van der Waals surface area contributed by atoms with Crippen molar-refractivity contribution in [1.82, 2.24) is 0 Å². The Morgan fingerprint density at radius 1 is 1.20 bits per heavy atom. The minimum absolute atomic E-state index is 0.569. The highest BCUT2D eigenvalue weighted by atomic mass is 14.8. The van der Waals surface area contributed by atoms with Gasteiger partial charge in [0.2, 0.25) is 0 Å². The molecule has 10 heavy (non-hydrogen) atoms. The lowest BCUT2D eigenvalue weighted by atomic mass is 10.2. The van der Waals surface area contributed by atoms with Gasteiger partial charge in [0.05, 0.1) is 0 Å². The molecule has 1 nitrogen and oxygen atoms in total. The largest absolute Gasteiger partial charge is 0.291 e. The van der Waals surface area contributed by atoms with Gasteiger partial charge in [-0.1, -0.05) is 20.8 Å². The quantitative estimate of drug-likeness (QED) is 0.534. The van der Waals surface area contributed by atoms with Crippen LogP contribution in [0.1, 0.15) is 47.0 Å². The Morgan fingerprint density at radius 3 is 2.00 bits per heavy atom. The summed E-state index contributed by atoms with van der Waals surface area (Å²) < 4.78 is 0. The average Bonchev–Trinajstić information content (AvgIpc) is 1.99. The average molecular weight is 141 g/mol. The van der Waals surface area contributed by atoms with Crippen molar-refractivity contribution in [3.05, 3.63) is 0 Å². The molecule has 0 aromatic heterocycles. The Bertz CT molecular complexity index is 101. The summed E-state index contributed by atoms with van der Waals surface area (Å²) in [5.41, 5.74) is 1.29. The lowest BCUT2D eigenvalue weighted by Crippen LogP contribution is -2.03. The molecule has 0 aromatic rings. The van der Waals surface area contributed by atoms with E-state index >= 15 is 0 Å². The summed E-state index contributed by atoms with van der Waals surface area (Å²) in [5.74, 6) is 0. The van der Waals surface area contributed by atoms with E-state index in [0.29, 0.717) is 6.04 Å². The fraction of sp³-hybridized carbons (Fsp3) is 0.889. The van der Waals surface area contributed by atoms with E-state index < -0.39 is 0 Å². The predicted octanol–water partition coefficient (Wildman–Crippen LogP) is 3.05. The van der Waals surface area contributed by atoms with E-state index in [1.165, 1.54) is 18.6 Å². The molecule has 60 valence electrons. The van der Waals surface area contributed by atoms with Crippen molar-refractivity contribution in [3.63, 3.8) is 0 Å². The zero-order chi connectivity index (χ0) is 7.98. The first kappa shape index (κ1) is 9.67. The Labute approximate surface area is 64.6 Å². The van der Waals surface area contributed by atoms with Gasteiger partial charge in [-0.3, -0.25) is 4.99 Å². The summed E-state index contributed by atoms with van der Waals surface area (Å²) in [6.07, 6.45) is 3.44. The van der Waals surface area contributed by atoms with Gasteiger partial charge < -0.3 is 0 Å². The molecule has 0 saturated heterocycles. The Balaban J connectivity index is 3.80. The monoisotopic (exact) mass is 141 g/mol. The van der Waals surface area contributed by atoms with E-state index in [2.05, 4.69) is 32.7 Å². The zero-order valence-electron chi connectivity index (χ0n) is 7.65. The molecule has 0 aliphatic heterocycles. The third kappa shape index (κ3) is 3.65. The van der Waals surface area contributed by atoms with Gasteiger partial charge in [-0.2, -0.15) is 0 Å². The van der Waals surface area contributed by atoms with Gasteiger partial charge in [0.1, 0.15) is 0 Å². The van der Waals surface area contributed by atoms with Crippen molar-refractivity contribution < 1.29 is 0 Å². The van der Waals surface area contributed by atoms with Crippen molar-refractivity contribution in [2.24, 2.45) is 4.99 Å². The molecule has 0 aliphatic carbocycles. The van der Waals surface area contributed by atoms with Crippen molar-refractivity contribution in [2.75, 3.05) is 0 Å². The first-order valence-electron chi connectivity index (χ1n) is 4.27. The van der Waals surface area contributed by atoms with Crippen LogP contribution in [0.5, 0.6) is 0 Å². The highest BCUT2D eigenvalue weighted by molar-refractivity contribution is 5.81. The van der Waals surface area contributed by atoms with E-state index in [-0.39, 0.29) is 0 Å². The Morgan fingerprint density at radius 2 is 1.70 bits per heavy atom. The molecule has 1 heteroatoms. The van der Waals surface area contributed by atoms with Gasteiger partial charge in [-0.15, -0.1) is 0 Å². The second kappa shape index (κ2) is 5.45. The maximum atomic E-state index is 4.55. The lowest BCUT2D eigenvalue weighted by molar-refractivity contribution is 0.630. The van der Waals surface area contributed by atoms with E-state index in [1.54, 1.807) is 0 Å². The molecule has 0 amide bonds. The molecule has 0 aliphatic rings. The summed E-state index contributed by atoms with van der Waals surface area (Å²) in [6.45, 7) is 8.65. The number of rotatable bonds is 4. The van der Waals surface area contributed by atoms with Crippen LogP contribution in [0.15, 0.2) is 4.99 Å². The van der Waals surface area contributed by atoms with Gasteiger partial charge in [-0.05, 0) is 26.2 Å². The highest BCUT2D eigenvalue weighted by Crippen LogP contribution is 2.03. The van der Waals surface area contributed by atoms with Crippen molar-refractivity contribution in [2.45, 2.75) is 53.0 Å². The van der Waals surface area contributed by atoms with Crippen LogP contribution in [0.2, 0.25) is 0 Å². The van der Waals surface area contributed by atoms with Gasteiger partial charge >= 0.3 is 0 Å². The molecule has 0 saturated carbocycles. The minimum atomic E-state index is 0.569. The number of hydrogen-bond acceptors (Lipinski definition) is 1. The normalized spacial score (nSPS) is 12.7. The molecule has 0 atom stereocenters. The SMILES string of the molecule is CCC(C)=NC(CC)CC. The van der Waals surface area contributed by atoms with Crippen LogP contribution in [-0.4, -0.2) is 11.8 Å². The topological polar surface area (TPSA) is 12.4 Å². The molecular weight excluding hydrogens is 122 g/mol. The minimum Gasteiger partial charge on any atom is -0.291 e. The van der Waals surface area contributed by atoms with E-state index in [0.717, 1.165) is 6.42 Å². The first-order valence-corrected chi connectivity index (χ1v) is 4.27. The second-order valence-corrected chi connectivity index (χ2v) is 2.69. The zero-order valence-corrected chi connectivity index (χ0v) is 7.65. The van der Waals surface area contributed by atoms with E-state index in [1.807, 2.05) is 0 Å². The van der Waals surface area contributed by atoms with Crippen LogP contribution in [0.4, 0.5) is 0 Å².